The van der Waals surface area contributed by atoms with Gasteiger partial charge in [0.25, 0.3) is 0 Å². The first-order valence-corrected chi connectivity index (χ1v) is 9.49. The summed E-state index contributed by atoms with van der Waals surface area (Å²) in [7, 11) is 0. The Morgan fingerprint density at radius 3 is 2.62 bits per heavy atom. The molecule has 7 heteroatoms. The third-order valence-electron chi connectivity index (χ3n) is 3.90. The van der Waals surface area contributed by atoms with Gasteiger partial charge in [-0.25, -0.2) is 0 Å². The molecule has 0 radical (unpaired) electrons. The second-order valence-electron chi connectivity index (χ2n) is 5.70. The fourth-order valence-corrected chi connectivity index (χ4v) is 4.38. The van der Waals surface area contributed by atoms with Gasteiger partial charge in [0, 0.05) is 6.04 Å². The average Bonchev–Trinajstić information content (AvgIpc) is 3.11. The van der Waals surface area contributed by atoms with Crippen LogP contribution in [0.4, 0.5) is 0 Å². The molecule has 0 saturated heterocycles. The van der Waals surface area contributed by atoms with Crippen molar-refractivity contribution in [2.75, 3.05) is 0 Å². The normalized spacial score (nSPS) is 15.3. The molecule has 1 amide bonds. The number of hydrogen-bond acceptors (Lipinski definition) is 5. The Balaban J connectivity index is 1.70. The summed E-state index contributed by atoms with van der Waals surface area (Å²) >= 11 is 3.03. The highest BCUT2D eigenvalue weighted by atomic mass is 32.2. The van der Waals surface area contributed by atoms with Gasteiger partial charge in [0.15, 0.2) is 11.0 Å². The molecule has 0 spiro atoms. The molecular formula is C17H16N4OS2. The molecule has 122 valence electrons. The fraction of sp³-hybridized carbons (Fsp3) is 0.235. The van der Waals surface area contributed by atoms with Gasteiger partial charge in [0.2, 0.25) is 5.91 Å². The van der Waals surface area contributed by atoms with E-state index in [0.29, 0.717) is 6.04 Å². The number of hydrogen-bond donors (Lipinski definition) is 1. The highest BCUT2D eigenvalue weighted by molar-refractivity contribution is 8.00. The molecule has 1 saturated carbocycles. The summed E-state index contributed by atoms with van der Waals surface area (Å²) < 4.78 is 2.16. The van der Waals surface area contributed by atoms with Crippen LogP contribution in [0.5, 0.6) is 0 Å². The minimum Gasteiger partial charge on any atom is -0.368 e. The number of carbonyl (C=O) groups excluding carboxylic acids is 1. The minimum atomic E-state index is -0.468. The molecule has 5 nitrogen and oxygen atoms in total. The smallest absolute Gasteiger partial charge is 0.235 e. The van der Waals surface area contributed by atoms with Gasteiger partial charge in [-0.1, -0.05) is 48.2 Å². The molecule has 1 aliphatic carbocycles. The zero-order chi connectivity index (χ0) is 16.5. The van der Waals surface area contributed by atoms with Crippen molar-refractivity contribution in [3.63, 3.8) is 0 Å². The second-order valence-corrected chi connectivity index (χ2v) is 7.72. The molecule has 2 heterocycles. The number of nitrogens with two attached hydrogens (primary N) is 1. The molecule has 1 aliphatic rings. The zero-order valence-corrected chi connectivity index (χ0v) is 14.5. The number of thiophene rings is 1. The first kappa shape index (κ1) is 15.4. The number of amides is 1. The largest absolute Gasteiger partial charge is 0.368 e. The molecule has 1 aromatic carbocycles. The Morgan fingerprint density at radius 1 is 1.21 bits per heavy atom. The molecule has 4 rings (SSSR count). The highest BCUT2D eigenvalue weighted by Crippen LogP contribution is 2.44. The molecule has 2 aromatic heterocycles. The first-order chi connectivity index (χ1) is 11.7. The number of primary amides is 1. The quantitative estimate of drug-likeness (QED) is 0.684. The average molecular weight is 356 g/mol. The summed E-state index contributed by atoms with van der Waals surface area (Å²) in [4.78, 5) is 13.1. The van der Waals surface area contributed by atoms with E-state index >= 15 is 0 Å². The van der Waals surface area contributed by atoms with Crippen molar-refractivity contribution in [1.82, 2.24) is 14.8 Å². The van der Waals surface area contributed by atoms with E-state index in [2.05, 4.69) is 14.8 Å². The van der Waals surface area contributed by atoms with E-state index in [1.165, 1.54) is 11.8 Å². The van der Waals surface area contributed by atoms with Crippen LogP contribution in [0.1, 0.15) is 29.7 Å². The standard InChI is InChI=1S/C17H16N4OS2/c18-15(22)14(11-5-2-1-3-6-11)24-17-20-19-16(13-7-4-10-23-13)21(17)12-8-9-12/h1-7,10,12,14H,8-9H2,(H2,18,22)/t14-/m0/s1. The van der Waals surface area contributed by atoms with Crippen LogP contribution in [0.3, 0.4) is 0 Å². The topological polar surface area (TPSA) is 73.8 Å². The predicted octanol–water partition coefficient (Wildman–Crippen LogP) is 3.66. The molecule has 2 N–H and O–H groups in total. The molecule has 1 fully saturated rings. The Labute approximate surface area is 147 Å². The number of rotatable bonds is 6. The Hall–Kier alpha value is -2.12. The lowest BCUT2D eigenvalue weighted by molar-refractivity contribution is -0.117. The lowest BCUT2D eigenvalue weighted by Crippen LogP contribution is -2.19. The summed E-state index contributed by atoms with van der Waals surface area (Å²) in [5.74, 6) is 0.514. The Morgan fingerprint density at radius 2 is 2.00 bits per heavy atom. The van der Waals surface area contributed by atoms with Crippen molar-refractivity contribution in [2.24, 2.45) is 5.73 Å². The number of aromatic nitrogens is 3. The van der Waals surface area contributed by atoms with Crippen molar-refractivity contribution in [2.45, 2.75) is 29.3 Å². The van der Waals surface area contributed by atoms with Gasteiger partial charge in [0.05, 0.1) is 4.88 Å². The molecule has 0 aliphatic heterocycles. The van der Waals surface area contributed by atoms with Crippen LogP contribution in [0.2, 0.25) is 0 Å². The molecule has 24 heavy (non-hydrogen) atoms. The summed E-state index contributed by atoms with van der Waals surface area (Å²) in [6, 6.07) is 14.1. The fourth-order valence-electron chi connectivity index (χ4n) is 2.62. The van der Waals surface area contributed by atoms with E-state index in [1.54, 1.807) is 11.3 Å². The van der Waals surface area contributed by atoms with Gasteiger partial charge in [0.1, 0.15) is 5.25 Å². The van der Waals surface area contributed by atoms with E-state index in [-0.39, 0.29) is 5.91 Å². The van der Waals surface area contributed by atoms with E-state index in [4.69, 9.17) is 5.73 Å². The van der Waals surface area contributed by atoms with Crippen LogP contribution in [0.15, 0.2) is 53.0 Å². The van der Waals surface area contributed by atoms with Crippen LogP contribution in [0.25, 0.3) is 10.7 Å². The SMILES string of the molecule is NC(=O)[C@@H](Sc1nnc(-c2cccs2)n1C1CC1)c1ccccc1. The van der Waals surface area contributed by atoms with E-state index in [1.807, 2.05) is 47.8 Å². The van der Waals surface area contributed by atoms with Crippen molar-refractivity contribution < 1.29 is 4.79 Å². The van der Waals surface area contributed by atoms with E-state index < -0.39 is 5.25 Å². The third-order valence-corrected chi connectivity index (χ3v) is 6.00. The van der Waals surface area contributed by atoms with E-state index in [9.17, 15) is 4.79 Å². The maximum absolute atomic E-state index is 12.0. The lowest BCUT2D eigenvalue weighted by Gasteiger charge is -2.14. The number of nitrogens with zero attached hydrogens (tertiary/aromatic N) is 3. The third kappa shape index (κ3) is 2.97. The van der Waals surface area contributed by atoms with Gasteiger partial charge >= 0.3 is 0 Å². The predicted molar refractivity (Wildman–Crippen MR) is 95.8 cm³/mol. The lowest BCUT2D eigenvalue weighted by atomic mass is 10.1. The molecule has 1 atom stereocenters. The summed E-state index contributed by atoms with van der Waals surface area (Å²) in [6.07, 6.45) is 2.24. The van der Waals surface area contributed by atoms with Crippen molar-refractivity contribution >= 4 is 29.0 Å². The molecule has 3 aromatic rings. The summed E-state index contributed by atoms with van der Waals surface area (Å²) in [5.41, 5.74) is 6.53. The van der Waals surface area contributed by atoms with Gasteiger partial charge in [-0.05, 0) is 29.9 Å². The maximum atomic E-state index is 12.0. The van der Waals surface area contributed by atoms with Crippen molar-refractivity contribution in [1.29, 1.82) is 0 Å². The molecule has 0 unspecified atom stereocenters. The van der Waals surface area contributed by atoms with Gasteiger partial charge in [-0.2, -0.15) is 0 Å². The van der Waals surface area contributed by atoms with Crippen LogP contribution < -0.4 is 5.73 Å². The van der Waals surface area contributed by atoms with Crippen LogP contribution in [-0.2, 0) is 4.79 Å². The van der Waals surface area contributed by atoms with Gasteiger partial charge in [-0.3, -0.25) is 9.36 Å². The Kier molecular flexibility index (Phi) is 4.12. The molecular weight excluding hydrogens is 340 g/mol. The maximum Gasteiger partial charge on any atom is 0.235 e. The van der Waals surface area contributed by atoms with E-state index in [0.717, 1.165) is 34.3 Å². The number of thioether (sulfide) groups is 1. The minimum absolute atomic E-state index is 0.366. The summed E-state index contributed by atoms with van der Waals surface area (Å²) in [6.45, 7) is 0. The zero-order valence-electron chi connectivity index (χ0n) is 12.8. The van der Waals surface area contributed by atoms with Gasteiger partial charge in [-0.15, -0.1) is 21.5 Å². The Bertz CT molecular complexity index is 841. The number of benzene rings is 1. The molecule has 0 bridgehead atoms. The van der Waals surface area contributed by atoms with Crippen molar-refractivity contribution in [3.8, 4) is 10.7 Å². The summed E-state index contributed by atoms with van der Waals surface area (Å²) in [5, 5.41) is 11.1. The first-order valence-electron chi connectivity index (χ1n) is 7.73. The van der Waals surface area contributed by atoms with Crippen molar-refractivity contribution in [3.05, 3.63) is 53.4 Å². The van der Waals surface area contributed by atoms with Crippen LogP contribution in [0, 0.1) is 0 Å². The number of carbonyl (C=O) groups is 1. The second kappa shape index (κ2) is 6.41. The monoisotopic (exact) mass is 356 g/mol. The highest BCUT2D eigenvalue weighted by Gasteiger charge is 2.32. The van der Waals surface area contributed by atoms with Crippen LogP contribution in [-0.4, -0.2) is 20.7 Å². The van der Waals surface area contributed by atoms with Crippen LogP contribution >= 0.6 is 23.1 Å². The van der Waals surface area contributed by atoms with Gasteiger partial charge < -0.3 is 5.73 Å².